The van der Waals surface area contributed by atoms with Gasteiger partial charge in [-0.1, -0.05) is 0 Å². The number of phosphoric acid groups is 3. The number of aromatic nitrogens is 4. The molecule has 1 aliphatic heterocycles. The monoisotopic (exact) mass is 525 g/mol. The van der Waals surface area contributed by atoms with Gasteiger partial charge in [0.25, 0.3) is 0 Å². The van der Waals surface area contributed by atoms with Crippen LogP contribution in [0.1, 0.15) is 12.6 Å². The van der Waals surface area contributed by atoms with Gasteiger partial charge < -0.3 is 35.2 Å². The molecule has 1 saturated heterocycles. The lowest BCUT2D eigenvalue weighted by Gasteiger charge is -2.19. The molecule has 174 valence electrons. The van der Waals surface area contributed by atoms with Gasteiger partial charge in [-0.15, -0.1) is 0 Å². The van der Waals surface area contributed by atoms with Crippen LogP contribution in [0.2, 0.25) is 5.28 Å². The van der Waals surface area contributed by atoms with E-state index in [9.17, 15) is 23.7 Å². The number of aliphatic hydroxyl groups excluding tert-OH is 1. The zero-order chi connectivity index (χ0) is 23.2. The van der Waals surface area contributed by atoms with Gasteiger partial charge in [0.15, 0.2) is 11.5 Å². The van der Waals surface area contributed by atoms with Crippen molar-refractivity contribution in [1.82, 2.24) is 19.5 Å². The number of phosphoric ester groups is 1. The third-order valence-electron chi connectivity index (χ3n) is 3.75. The van der Waals surface area contributed by atoms with Gasteiger partial charge >= 0.3 is 23.5 Å². The molecule has 0 spiro atoms. The molecule has 1 fully saturated rings. The Labute approximate surface area is 177 Å². The van der Waals surface area contributed by atoms with E-state index in [1.807, 2.05) is 0 Å². The summed E-state index contributed by atoms with van der Waals surface area (Å²) in [5.41, 5.74) is 6.13. The van der Waals surface area contributed by atoms with Gasteiger partial charge in [-0.3, -0.25) is 9.09 Å². The number of anilines is 1. The smallest absolute Gasteiger partial charge is 0.390 e. The first kappa shape index (κ1) is 24.6. The van der Waals surface area contributed by atoms with E-state index in [0.29, 0.717) is 0 Å². The maximum atomic E-state index is 11.8. The summed E-state index contributed by atoms with van der Waals surface area (Å²) in [4.78, 5) is 47.4. The van der Waals surface area contributed by atoms with E-state index in [1.54, 1.807) is 0 Å². The predicted octanol–water partition coefficient (Wildman–Crippen LogP) is 0.0536. The van der Waals surface area contributed by atoms with Crippen LogP contribution in [0.4, 0.5) is 5.82 Å². The second-order valence-electron chi connectivity index (χ2n) is 6.02. The minimum Gasteiger partial charge on any atom is -0.390 e. The average Bonchev–Trinajstić information content (AvgIpc) is 3.13. The van der Waals surface area contributed by atoms with E-state index in [2.05, 4.69) is 28.1 Å². The molecule has 0 radical (unpaired) electrons. The number of nitrogen functional groups attached to an aromatic ring is 1. The molecule has 0 bridgehead atoms. The summed E-state index contributed by atoms with van der Waals surface area (Å²) in [5, 5.41) is 10.00. The van der Waals surface area contributed by atoms with E-state index in [4.69, 9.17) is 36.8 Å². The first-order valence-corrected chi connectivity index (χ1v) is 12.8. The molecule has 2 unspecified atom stereocenters. The van der Waals surface area contributed by atoms with Crippen LogP contribution in [0.3, 0.4) is 0 Å². The van der Waals surface area contributed by atoms with Gasteiger partial charge in [-0.2, -0.15) is 18.6 Å². The Bertz CT molecular complexity index is 1120. The second kappa shape index (κ2) is 8.72. The lowest BCUT2D eigenvalue weighted by molar-refractivity contribution is -0.0423. The molecule has 0 aromatic carbocycles. The molecule has 2 aromatic heterocycles. The largest absolute Gasteiger partial charge is 0.490 e. The molecule has 3 heterocycles. The highest BCUT2D eigenvalue weighted by Gasteiger charge is 2.43. The van der Waals surface area contributed by atoms with E-state index >= 15 is 0 Å². The Balaban J connectivity index is 1.66. The third-order valence-corrected chi connectivity index (χ3v) is 7.73. The Morgan fingerprint density at radius 2 is 1.87 bits per heavy atom. The highest BCUT2D eigenvalue weighted by Crippen LogP contribution is 2.66. The molecule has 7 N–H and O–H groups in total. The Morgan fingerprint density at radius 1 is 1.19 bits per heavy atom. The van der Waals surface area contributed by atoms with Crippen LogP contribution in [0.25, 0.3) is 11.2 Å². The molecule has 2 aromatic rings. The zero-order valence-electron chi connectivity index (χ0n) is 14.9. The fourth-order valence-electron chi connectivity index (χ4n) is 2.63. The van der Waals surface area contributed by atoms with Gasteiger partial charge in [-0.25, -0.2) is 18.7 Å². The van der Waals surface area contributed by atoms with Gasteiger partial charge in [0.2, 0.25) is 5.28 Å². The lowest BCUT2D eigenvalue weighted by Crippen LogP contribution is -2.26. The maximum absolute atomic E-state index is 11.8. The topological polar surface area (TPSA) is 259 Å². The molecule has 3 rings (SSSR count). The molecular formula is C10H15ClN5O12P3. The van der Waals surface area contributed by atoms with Crippen LogP contribution in [-0.2, 0) is 31.6 Å². The summed E-state index contributed by atoms with van der Waals surface area (Å²) in [7, 11) is -16.5. The van der Waals surface area contributed by atoms with Crippen molar-refractivity contribution in [3.05, 3.63) is 11.6 Å². The van der Waals surface area contributed by atoms with E-state index < -0.39 is 48.5 Å². The predicted molar refractivity (Wildman–Crippen MR) is 99.1 cm³/mol. The number of imidazole rings is 1. The van der Waals surface area contributed by atoms with Crippen molar-refractivity contribution >= 4 is 52.1 Å². The van der Waals surface area contributed by atoms with Crippen LogP contribution in [0, 0.1) is 0 Å². The van der Waals surface area contributed by atoms with Crippen molar-refractivity contribution in [2.45, 2.75) is 24.9 Å². The number of halogens is 1. The van der Waals surface area contributed by atoms with E-state index in [-0.39, 0.29) is 28.7 Å². The first-order valence-electron chi connectivity index (χ1n) is 7.93. The van der Waals surface area contributed by atoms with Crippen LogP contribution in [-0.4, -0.2) is 63.0 Å². The van der Waals surface area contributed by atoms with Gasteiger partial charge in [0, 0.05) is 6.42 Å². The SMILES string of the molecule is Nc1nc(Cl)nc2c1ncn2[C@H]1C[C@H](O)[C@@H](COP(=O)(O)OP(=O)(O)OP(=O)(O)O)O1. The maximum Gasteiger partial charge on any atom is 0.490 e. The van der Waals surface area contributed by atoms with Crippen molar-refractivity contribution in [3.63, 3.8) is 0 Å². The number of hydrogen-bond acceptors (Lipinski definition) is 12. The van der Waals surface area contributed by atoms with Gasteiger partial charge in [0.1, 0.15) is 17.8 Å². The number of hydrogen-bond donors (Lipinski definition) is 6. The molecule has 5 atom stereocenters. The van der Waals surface area contributed by atoms with E-state index in [1.165, 1.54) is 10.9 Å². The summed E-state index contributed by atoms with van der Waals surface area (Å²) < 4.78 is 52.3. The van der Waals surface area contributed by atoms with Crippen molar-refractivity contribution in [3.8, 4) is 0 Å². The molecule has 31 heavy (non-hydrogen) atoms. The minimum atomic E-state index is -5.66. The number of aliphatic hydroxyl groups is 1. The van der Waals surface area contributed by atoms with Gasteiger partial charge in [-0.05, 0) is 11.6 Å². The van der Waals surface area contributed by atoms with Crippen LogP contribution in [0.15, 0.2) is 6.33 Å². The Hall–Kier alpha value is -1.03. The number of nitrogens with two attached hydrogens (primary N) is 1. The fourth-order valence-corrected chi connectivity index (χ4v) is 5.83. The first-order chi connectivity index (χ1) is 14.2. The second-order valence-corrected chi connectivity index (χ2v) is 10.8. The van der Waals surface area contributed by atoms with E-state index in [0.717, 1.165) is 0 Å². The van der Waals surface area contributed by atoms with Crippen molar-refractivity contribution < 1.29 is 56.3 Å². The van der Waals surface area contributed by atoms with Crippen molar-refractivity contribution in [2.75, 3.05) is 12.3 Å². The summed E-state index contributed by atoms with van der Waals surface area (Å²) in [6.45, 7) is -0.814. The molecule has 0 amide bonds. The summed E-state index contributed by atoms with van der Waals surface area (Å²) >= 11 is 5.78. The number of fused-ring (bicyclic) bond motifs is 1. The van der Waals surface area contributed by atoms with Crippen LogP contribution >= 0.6 is 35.1 Å². The van der Waals surface area contributed by atoms with Crippen LogP contribution < -0.4 is 5.73 Å². The minimum absolute atomic E-state index is 0.0107. The van der Waals surface area contributed by atoms with Crippen molar-refractivity contribution in [2.24, 2.45) is 0 Å². The molecule has 17 nitrogen and oxygen atoms in total. The van der Waals surface area contributed by atoms with Gasteiger partial charge in [0.05, 0.1) is 19.0 Å². The normalized spacial score (nSPS) is 26.1. The lowest BCUT2D eigenvalue weighted by atomic mass is 10.2. The average molecular weight is 526 g/mol. The molecular weight excluding hydrogens is 511 g/mol. The Morgan fingerprint density at radius 3 is 2.52 bits per heavy atom. The van der Waals surface area contributed by atoms with Crippen LogP contribution in [0.5, 0.6) is 0 Å². The number of rotatable bonds is 8. The quantitative estimate of drug-likeness (QED) is 0.196. The van der Waals surface area contributed by atoms with Crippen molar-refractivity contribution in [1.29, 1.82) is 0 Å². The molecule has 0 aliphatic carbocycles. The summed E-state index contributed by atoms with van der Waals surface area (Å²) in [6.07, 6.45) is -2.07. The fraction of sp³-hybridized carbons (Fsp3) is 0.500. The number of ether oxygens (including phenoxy) is 1. The molecule has 0 saturated carbocycles. The summed E-state index contributed by atoms with van der Waals surface area (Å²) in [6, 6.07) is 0. The third kappa shape index (κ3) is 6.27. The Kier molecular flexibility index (Phi) is 6.93. The molecule has 21 heteroatoms. The summed E-state index contributed by atoms with van der Waals surface area (Å²) in [5.74, 6) is 0.0107. The number of nitrogens with zero attached hydrogens (tertiary/aromatic N) is 4. The highest BCUT2D eigenvalue weighted by atomic mass is 35.5. The standard InChI is InChI=1S/C10H15ClN5O12P3/c11-10-14-8(12)7-9(15-10)16(3-13-7)6-1-4(17)5(26-6)2-25-30(21,22)28-31(23,24)27-29(18,19)20/h3-6,17H,1-2H2,(H,21,22)(H,23,24)(H2,12,14,15)(H2,18,19,20)/t4-,5+,6+/m0/s1. The molecule has 1 aliphatic rings. The highest BCUT2D eigenvalue weighted by molar-refractivity contribution is 7.66. The zero-order valence-corrected chi connectivity index (χ0v) is 18.3.